The van der Waals surface area contributed by atoms with Crippen LogP contribution in [0.1, 0.15) is 22.8 Å². The summed E-state index contributed by atoms with van der Waals surface area (Å²) in [5, 5.41) is 0. The van der Waals surface area contributed by atoms with E-state index in [1.807, 2.05) is 6.92 Å². The molecule has 0 spiro atoms. The Balaban J connectivity index is 2.61. The molecule has 0 radical (unpaired) electrons. The van der Waals surface area contributed by atoms with Crippen molar-refractivity contribution in [1.29, 1.82) is 0 Å². The van der Waals surface area contributed by atoms with Crippen molar-refractivity contribution >= 4 is 11.7 Å². The number of ether oxygens (including phenoxy) is 3. The SMILES string of the molecule is CCc1c(C(=O)OC)cc(N)c2c1OCCO2. The zero-order valence-corrected chi connectivity index (χ0v) is 9.91. The van der Waals surface area contributed by atoms with Crippen molar-refractivity contribution < 1.29 is 19.0 Å². The van der Waals surface area contributed by atoms with E-state index >= 15 is 0 Å². The van der Waals surface area contributed by atoms with Crippen molar-refractivity contribution in [3.8, 4) is 11.5 Å². The first-order valence-corrected chi connectivity index (χ1v) is 5.48. The first kappa shape index (κ1) is 11.6. The van der Waals surface area contributed by atoms with Gasteiger partial charge < -0.3 is 19.9 Å². The highest BCUT2D eigenvalue weighted by Gasteiger charge is 2.24. The van der Waals surface area contributed by atoms with Crippen molar-refractivity contribution in [3.05, 3.63) is 17.2 Å². The molecule has 1 heterocycles. The molecule has 17 heavy (non-hydrogen) atoms. The molecule has 0 bridgehead atoms. The third-order valence-electron chi connectivity index (χ3n) is 2.70. The normalized spacial score (nSPS) is 13.3. The molecule has 0 atom stereocenters. The van der Waals surface area contributed by atoms with Gasteiger partial charge in [-0.25, -0.2) is 4.79 Å². The number of hydrogen-bond acceptors (Lipinski definition) is 5. The molecule has 0 unspecified atom stereocenters. The number of carbonyl (C=O) groups is 1. The predicted octanol–water partition coefficient (Wildman–Crippen LogP) is 1.39. The summed E-state index contributed by atoms with van der Waals surface area (Å²) in [6, 6.07) is 1.58. The number of rotatable bonds is 2. The van der Waals surface area contributed by atoms with Crippen LogP contribution in [0.15, 0.2) is 6.07 Å². The van der Waals surface area contributed by atoms with E-state index in [1.165, 1.54) is 7.11 Å². The molecule has 1 aliphatic rings. The first-order valence-electron chi connectivity index (χ1n) is 5.48. The Morgan fingerprint density at radius 3 is 2.65 bits per heavy atom. The molecule has 0 saturated heterocycles. The highest BCUT2D eigenvalue weighted by molar-refractivity contribution is 5.94. The standard InChI is InChI=1S/C12H15NO4/c1-3-7-8(12(14)15-2)6-9(13)11-10(7)16-4-5-17-11/h6H,3-5,13H2,1-2H3. The number of benzene rings is 1. The van der Waals surface area contributed by atoms with Crippen molar-refractivity contribution in [2.75, 3.05) is 26.1 Å². The molecule has 2 N–H and O–H groups in total. The molecule has 92 valence electrons. The van der Waals surface area contributed by atoms with E-state index in [-0.39, 0.29) is 0 Å². The van der Waals surface area contributed by atoms with Crippen LogP contribution in [0.2, 0.25) is 0 Å². The molecule has 0 saturated carbocycles. The monoisotopic (exact) mass is 237 g/mol. The number of hydrogen-bond donors (Lipinski definition) is 1. The Morgan fingerprint density at radius 2 is 2.06 bits per heavy atom. The second-order valence-corrected chi connectivity index (χ2v) is 3.69. The Bertz CT molecular complexity index is 456. The van der Waals surface area contributed by atoms with Crippen LogP contribution in [0.25, 0.3) is 0 Å². The van der Waals surface area contributed by atoms with Gasteiger partial charge in [0.2, 0.25) is 0 Å². The number of carbonyl (C=O) groups excluding carboxylic acids is 1. The molecular weight excluding hydrogens is 222 g/mol. The average Bonchev–Trinajstić information content (AvgIpc) is 2.38. The summed E-state index contributed by atoms with van der Waals surface area (Å²) in [7, 11) is 1.34. The van der Waals surface area contributed by atoms with E-state index in [0.717, 1.165) is 5.56 Å². The molecule has 2 rings (SSSR count). The fourth-order valence-corrected chi connectivity index (χ4v) is 1.93. The largest absolute Gasteiger partial charge is 0.486 e. The predicted molar refractivity (Wildman–Crippen MR) is 62.6 cm³/mol. The van der Waals surface area contributed by atoms with E-state index in [9.17, 15) is 4.79 Å². The van der Waals surface area contributed by atoms with Gasteiger partial charge in [0.25, 0.3) is 0 Å². The summed E-state index contributed by atoms with van der Waals surface area (Å²) in [6.45, 7) is 2.87. The smallest absolute Gasteiger partial charge is 0.338 e. The van der Waals surface area contributed by atoms with E-state index in [2.05, 4.69) is 0 Å². The summed E-state index contributed by atoms with van der Waals surface area (Å²) >= 11 is 0. The summed E-state index contributed by atoms with van der Waals surface area (Å²) in [6.07, 6.45) is 0.649. The molecule has 1 aromatic rings. The van der Waals surface area contributed by atoms with Crippen LogP contribution < -0.4 is 15.2 Å². The van der Waals surface area contributed by atoms with Crippen LogP contribution in [0.5, 0.6) is 11.5 Å². The molecular formula is C12H15NO4. The van der Waals surface area contributed by atoms with Gasteiger partial charge in [0.05, 0.1) is 18.4 Å². The zero-order valence-electron chi connectivity index (χ0n) is 9.91. The van der Waals surface area contributed by atoms with Crippen LogP contribution in [0.4, 0.5) is 5.69 Å². The van der Waals surface area contributed by atoms with Crippen molar-refractivity contribution in [3.63, 3.8) is 0 Å². The number of nitrogen functional groups attached to an aromatic ring is 1. The molecule has 5 nitrogen and oxygen atoms in total. The Kier molecular flexibility index (Phi) is 3.08. The second kappa shape index (κ2) is 4.53. The maximum absolute atomic E-state index is 11.7. The lowest BCUT2D eigenvalue weighted by molar-refractivity contribution is 0.0598. The van der Waals surface area contributed by atoms with E-state index in [4.69, 9.17) is 19.9 Å². The number of nitrogens with two attached hydrogens (primary N) is 1. The molecule has 5 heteroatoms. The lowest BCUT2D eigenvalue weighted by Crippen LogP contribution is -2.19. The van der Waals surface area contributed by atoms with Gasteiger partial charge in [-0.1, -0.05) is 6.92 Å². The Labute approximate surface area is 99.5 Å². The molecule has 0 fully saturated rings. The number of esters is 1. The second-order valence-electron chi connectivity index (χ2n) is 3.69. The van der Waals surface area contributed by atoms with Gasteiger partial charge >= 0.3 is 5.97 Å². The number of methoxy groups -OCH3 is 1. The lowest BCUT2D eigenvalue weighted by atomic mass is 10.0. The summed E-state index contributed by atoms with van der Waals surface area (Å²) in [4.78, 5) is 11.7. The van der Waals surface area contributed by atoms with Gasteiger partial charge in [-0.05, 0) is 12.5 Å². The highest BCUT2D eigenvalue weighted by atomic mass is 16.6. The molecule has 0 aromatic heterocycles. The van der Waals surface area contributed by atoms with Gasteiger partial charge in [0.15, 0.2) is 11.5 Å². The van der Waals surface area contributed by atoms with E-state index in [1.54, 1.807) is 6.07 Å². The van der Waals surface area contributed by atoms with Gasteiger partial charge in [-0.15, -0.1) is 0 Å². The zero-order chi connectivity index (χ0) is 12.4. The quantitative estimate of drug-likeness (QED) is 0.621. The van der Waals surface area contributed by atoms with Gasteiger partial charge in [-0.3, -0.25) is 0 Å². The molecule has 0 aliphatic carbocycles. The van der Waals surface area contributed by atoms with E-state index in [0.29, 0.717) is 42.4 Å². The van der Waals surface area contributed by atoms with Crippen LogP contribution in [0, 0.1) is 0 Å². The maximum Gasteiger partial charge on any atom is 0.338 e. The minimum atomic E-state index is -0.412. The Hall–Kier alpha value is -1.91. The van der Waals surface area contributed by atoms with Crippen LogP contribution in [0.3, 0.4) is 0 Å². The fraction of sp³-hybridized carbons (Fsp3) is 0.417. The van der Waals surface area contributed by atoms with Crippen molar-refractivity contribution in [1.82, 2.24) is 0 Å². The van der Waals surface area contributed by atoms with Gasteiger partial charge in [-0.2, -0.15) is 0 Å². The lowest BCUT2D eigenvalue weighted by Gasteiger charge is -2.23. The third-order valence-corrected chi connectivity index (χ3v) is 2.70. The average molecular weight is 237 g/mol. The van der Waals surface area contributed by atoms with Crippen molar-refractivity contribution in [2.24, 2.45) is 0 Å². The molecule has 1 aliphatic heterocycles. The topological polar surface area (TPSA) is 70.8 Å². The Morgan fingerprint density at radius 1 is 1.41 bits per heavy atom. The highest BCUT2D eigenvalue weighted by Crippen LogP contribution is 2.41. The van der Waals surface area contributed by atoms with Crippen LogP contribution in [-0.2, 0) is 11.2 Å². The minimum Gasteiger partial charge on any atom is -0.486 e. The van der Waals surface area contributed by atoms with Crippen molar-refractivity contribution in [2.45, 2.75) is 13.3 Å². The fourth-order valence-electron chi connectivity index (χ4n) is 1.93. The summed E-state index contributed by atoms with van der Waals surface area (Å²) < 4.78 is 15.7. The number of anilines is 1. The van der Waals surface area contributed by atoms with Gasteiger partial charge in [0.1, 0.15) is 13.2 Å². The number of fused-ring (bicyclic) bond motifs is 1. The first-order chi connectivity index (χ1) is 8.19. The van der Waals surface area contributed by atoms with Crippen LogP contribution >= 0.6 is 0 Å². The van der Waals surface area contributed by atoms with E-state index < -0.39 is 5.97 Å². The maximum atomic E-state index is 11.7. The molecule has 0 amide bonds. The third kappa shape index (κ3) is 1.88. The summed E-state index contributed by atoms with van der Waals surface area (Å²) in [5.74, 6) is 0.686. The van der Waals surface area contributed by atoms with Crippen LogP contribution in [-0.4, -0.2) is 26.3 Å². The van der Waals surface area contributed by atoms with Gasteiger partial charge in [0, 0.05) is 5.56 Å². The minimum absolute atomic E-state index is 0.400. The molecule has 1 aromatic carbocycles. The summed E-state index contributed by atoms with van der Waals surface area (Å²) in [5.41, 5.74) is 7.47.